The van der Waals surface area contributed by atoms with Crippen LogP contribution in [-0.4, -0.2) is 31.8 Å². The molecule has 0 radical (unpaired) electrons. The summed E-state index contributed by atoms with van der Waals surface area (Å²) < 4.78 is 10.8. The predicted octanol–water partition coefficient (Wildman–Crippen LogP) is 4.83. The summed E-state index contributed by atoms with van der Waals surface area (Å²) in [5.74, 6) is 1.46. The summed E-state index contributed by atoms with van der Waals surface area (Å²) in [6.45, 7) is 0. The molecule has 6 nitrogen and oxygen atoms in total. The second kappa shape index (κ2) is 11.1. The fourth-order valence-corrected chi connectivity index (χ4v) is 3.69. The minimum absolute atomic E-state index is 0.151. The number of hydrogen-bond acceptors (Lipinski definition) is 5. The van der Waals surface area contributed by atoms with Gasteiger partial charge in [-0.15, -0.1) is 11.8 Å². The summed E-state index contributed by atoms with van der Waals surface area (Å²) in [7, 11) is 3.01. The number of anilines is 2. The molecule has 31 heavy (non-hydrogen) atoms. The van der Waals surface area contributed by atoms with Crippen LogP contribution in [0.2, 0.25) is 0 Å². The highest BCUT2D eigenvalue weighted by atomic mass is 32.2. The van der Waals surface area contributed by atoms with Gasteiger partial charge in [-0.05, 0) is 17.7 Å². The number of methoxy groups -OCH3 is 2. The van der Waals surface area contributed by atoms with Gasteiger partial charge in [0.05, 0.1) is 31.3 Å². The van der Waals surface area contributed by atoms with E-state index in [0.717, 1.165) is 11.3 Å². The van der Waals surface area contributed by atoms with Gasteiger partial charge in [0.15, 0.2) is 0 Å². The van der Waals surface area contributed by atoms with Gasteiger partial charge in [-0.25, -0.2) is 0 Å². The lowest BCUT2D eigenvalue weighted by atomic mass is 10.2. The lowest BCUT2D eigenvalue weighted by molar-refractivity contribution is -0.113. The number of ether oxygens (including phenoxy) is 2. The van der Waals surface area contributed by atoms with Gasteiger partial charge in [0.1, 0.15) is 11.5 Å². The zero-order chi connectivity index (χ0) is 22.1. The number of hydrogen-bond donors (Lipinski definition) is 2. The Morgan fingerprint density at radius 2 is 1.35 bits per heavy atom. The SMILES string of the molecule is COc1cc(NC(=O)c2ccccc2)c(OC)cc1NC(=O)CSCc1ccccc1. The molecule has 2 amide bonds. The first-order valence-electron chi connectivity index (χ1n) is 9.64. The molecule has 0 aliphatic carbocycles. The summed E-state index contributed by atoms with van der Waals surface area (Å²) in [6.07, 6.45) is 0. The minimum atomic E-state index is -0.268. The van der Waals surface area contributed by atoms with Crippen LogP contribution in [0.15, 0.2) is 72.8 Å². The summed E-state index contributed by atoms with van der Waals surface area (Å²) >= 11 is 1.53. The molecular formula is C24H24N2O4S. The molecule has 0 aliphatic rings. The van der Waals surface area contributed by atoms with Crippen LogP contribution in [0.1, 0.15) is 15.9 Å². The molecule has 160 valence electrons. The Hall–Kier alpha value is -3.45. The number of amides is 2. The van der Waals surface area contributed by atoms with Gasteiger partial charge in [0.2, 0.25) is 5.91 Å². The third-order valence-electron chi connectivity index (χ3n) is 4.42. The Bertz CT molecular complexity index is 1030. The lowest BCUT2D eigenvalue weighted by Gasteiger charge is -2.16. The van der Waals surface area contributed by atoms with E-state index in [2.05, 4.69) is 10.6 Å². The van der Waals surface area contributed by atoms with Crippen LogP contribution >= 0.6 is 11.8 Å². The van der Waals surface area contributed by atoms with E-state index < -0.39 is 0 Å². The van der Waals surface area contributed by atoms with E-state index in [4.69, 9.17) is 9.47 Å². The molecule has 0 unspecified atom stereocenters. The normalized spacial score (nSPS) is 10.3. The Kier molecular flexibility index (Phi) is 7.95. The Balaban J connectivity index is 1.67. The highest BCUT2D eigenvalue weighted by molar-refractivity contribution is 7.99. The second-order valence-corrected chi connectivity index (χ2v) is 7.59. The Morgan fingerprint density at radius 1 is 0.806 bits per heavy atom. The van der Waals surface area contributed by atoms with Crippen molar-refractivity contribution < 1.29 is 19.1 Å². The minimum Gasteiger partial charge on any atom is -0.494 e. The molecule has 0 fully saturated rings. The maximum atomic E-state index is 12.5. The van der Waals surface area contributed by atoms with Crippen molar-refractivity contribution in [2.24, 2.45) is 0 Å². The van der Waals surface area contributed by atoms with Crippen LogP contribution in [0.25, 0.3) is 0 Å². The van der Waals surface area contributed by atoms with Gasteiger partial charge >= 0.3 is 0 Å². The van der Waals surface area contributed by atoms with Gasteiger partial charge in [-0.2, -0.15) is 0 Å². The van der Waals surface area contributed by atoms with E-state index in [1.54, 1.807) is 36.4 Å². The molecule has 0 aliphatic heterocycles. The average molecular weight is 437 g/mol. The molecule has 0 saturated carbocycles. The highest BCUT2D eigenvalue weighted by Gasteiger charge is 2.16. The summed E-state index contributed by atoms with van der Waals surface area (Å²) in [5, 5.41) is 5.68. The fourth-order valence-electron chi connectivity index (χ4n) is 2.90. The van der Waals surface area contributed by atoms with Crippen LogP contribution in [-0.2, 0) is 10.5 Å². The molecule has 0 saturated heterocycles. The maximum Gasteiger partial charge on any atom is 0.255 e. The first-order valence-corrected chi connectivity index (χ1v) is 10.8. The molecule has 3 aromatic rings. The first kappa shape index (κ1) is 22.2. The van der Waals surface area contributed by atoms with Crippen molar-refractivity contribution in [1.29, 1.82) is 0 Å². The maximum absolute atomic E-state index is 12.5. The van der Waals surface area contributed by atoms with Gasteiger partial charge in [0.25, 0.3) is 5.91 Å². The molecular weight excluding hydrogens is 412 g/mol. The van der Waals surface area contributed by atoms with Gasteiger partial charge in [0, 0.05) is 23.4 Å². The fraction of sp³-hybridized carbons (Fsp3) is 0.167. The van der Waals surface area contributed by atoms with E-state index in [9.17, 15) is 9.59 Å². The standard InChI is InChI=1S/C24H24N2O4S/c1-29-21-14-20(26-24(28)18-11-7-4-8-12-18)22(30-2)13-19(21)25-23(27)16-31-15-17-9-5-3-6-10-17/h3-14H,15-16H2,1-2H3,(H,25,27)(H,26,28). The Morgan fingerprint density at radius 3 is 1.94 bits per heavy atom. The van der Waals surface area contributed by atoms with E-state index in [-0.39, 0.29) is 11.8 Å². The zero-order valence-electron chi connectivity index (χ0n) is 17.4. The topological polar surface area (TPSA) is 76.7 Å². The van der Waals surface area contributed by atoms with E-state index >= 15 is 0 Å². The molecule has 3 aromatic carbocycles. The van der Waals surface area contributed by atoms with Crippen LogP contribution in [0.3, 0.4) is 0 Å². The number of thioether (sulfide) groups is 1. The van der Waals surface area contributed by atoms with Crippen LogP contribution in [0.5, 0.6) is 11.5 Å². The molecule has 0 atom stereocenters. The molecule has 0 bridgehead atoms. The van der Waals surface area contributed by atoms with E-state index in [1.807, 2.05) is 36.4 Å². The zero-order valence-corrected chi connectivity index (χ0v) is 18.2. The molecule has 7 heteroatoms. The van der Waals surface area contributed by atoms with Crippen molar-refractivity contribution in [1.82, 2.24) is 0 Å². The summed E-state index contributed by atoms with van der Waals surface area (Å²) in [4.78, 5) is 24.9. The van der Waals surface area contributed by atoms with Gasteiger partial charge in [-0.3, -0.25) is 9.59 Å². The molecule has 0 heterocycles. The number of benzene rings is 3. The number of carbonyl (C=O) groups is 2. The third-order valence-corrected chi connectivity index (χ3v) is 5.43. The number of rotatable bonds is 9. The molecule has 0 aromatic heterocycles. The third kappa shape index (κ3) is 6.26. The van der Waals surface area contributed by atoms with Gasteiger partial charge < -0.3 is 20.1 Å². The van der Waals surface area contributed by atoms with Crippen molar-refractivity contribution >= 4 is 35.0 Å². The van der Waals surface area contributed by atoms with Gasteiger partial charge in [-0.1, -0.05) is 48.5 Å². The highest BCUT2D eigenvalue weighted by Crippen LogP contribution is 2.36. The number of carbonyl (C=O) groups excluding carboxylic acids is 2. The summed E-state index contributed by atoms with van der Waals surface area (Å²) in [5.41, 5.74) is 2.61. The quantitative estimate of drug-likeness (QED) is 0.503. The van der Waals surface area contributed by atoms with Crippen LogP contribution in [0.4, 0.5) is 11.4 Å². The molecule has 2 N–H and O–H groups in total. The van der Waals surface area contributed by atoms with Crippen molar-refractivity contribution in [3.63, 3.8) is 0 Å². The number of nitrogens with one attached hydrogen (secondary N) is 2. The van der Waals surface area contributed by atoms with E-state index in [1.165, 1.54) is 26.0 Å². The van der Waals surface area contributed by atoms with Crippen LogP contribution in [0, 0.1) is 0 Å². The Labute approximate surface area is 186 Å². The lowest BCUT2D eigenvalue weighted by Crippen LogP contribution is -2.16. The van der Waals surface area contributed by atoms with Crippen LogP contribution < -0.4 is 20.1 Å². The van der Waals surface area contributed by atoms with Crippen molar-refractivity contribution in [2.45, 2.75) is 5.75 Å². The average Bonchev–Trinajstić information content (AvgIpc) is 2.81. The summed E-state index contributed by atoms with van der Waals surface area (Å²) in [6, 6.07) is 22.1. The monoisotopic (exact) mass is 436 g/mol. The van der Waals surface area contributed by atoms with Crippen molar-refractivity contribution in [3.8, 4) is 11.5 Å². The smallest absolute Gasteiger partial charge is 0.255 e. The van der Waals surface area contributed by atoms with Crippen molar-refractivity contribution in [3.05, 3.63) is 83.9 Å². The first-order chi connectivity index (χ1) is 15.1. The predicted molar refractivity (Wildman–Crippen MR) is 125 cm³/mol. The van der Waals surface area contributed by atoms with E-state index in [0.29, 0.717) is 34.2 Å². The molecule has 3 rings (SSSR count). The second-order valence-electron chi connectivity index (χ2n) is 6.60. The molecule has 0 spiro atoms. The van der Waals surface area contributed by atoms with Crippen molar-refractivity contribution in [2.75, 3.05) is 30.6 Å². The largest absolute Gasteiger partial charge is 0.494 e.